The maximum Gasteiger partial charge on any atom is 0.0753 e. The average Bonchev–Trinajstić information content (AvgIpc) is 2.56. The first kappa shape index (κ1) is 15.6. The highest BCUT2D eigenvalue weighted by molar-refractivity contribution is 4.88. The van der Waals surface area contributed by atoms with E-state index >= 15 is 0 Å². The van der Waals surface area contributed by atoms with Crippen molar-refractivity contribution in [3.8, 4) is 0 Å². The fourth-order valence-corrected chi connectivity index (χ4v) is 5.19. The van der Waals surface area contributed by atoms with Gasteiger partial charge in [-0.2, -0.15) is 0 Å². The molecule has 1 saturated heterocycles. The van der Waals surface area contributed by atoms with Crippen molar-refractivity contribution >= 4 is 0 Å². The summed E-state index contributed by atoms with van der Waals surface area (Å²) in [5.41, 5.74) is 0. The molecule has 0 aromatic heterocycles. The first-order chi connectivity index (χ1) is 10.3. The fourth-order valence-electron chi connectivity index (χ4n) is 5.19. The smallest absolute Gasteiger partial charge is 0.0753 e. The van der Waals surface area contributed by atoms with Crippen molar-refractivity contribution < 1.29 is 4.74 Å². The van der Waals surface area contributed by atoms with Crippen molar-refractivity contribution in [2.75, 3.05) is 6.61 Å². The standard InChI is InChI=1S/C20H34O/c1-3-20-13-12-19(14-21-20)18-10-8-17(9-11-18)16-6-4-15(2)5-7-16/h3,15-20H,1,4-14H2,2H3. The summed E-state index contributed by atoms with van der Waals surface area (Å²) in [5.74, 6) is 4.91. The maximum atomic E-state index is 5.93. The molecular weight excluding hydrogens is 256 g/mol. The Bertz CT molecular complexity index is 313. The van der Waals surface area contributed by atoms with Crippen molar-refractivity contribution in [1.29, 1.82) is 0 Å². The Hall–Kier alpha value is -0.300. The molecule has 0 N–H and O–H groups in total. The normalized spacial score (nSPS) is 45.2. The summed E-state index contributed by atoms with van der Waals surface area (Å²) in [6, 6.07) is 0. The van der Waals surface area contributed by atoms with Crippen LogP contribution in [0.4, 0.5) is 0 Å². The van der Waals surface area contributed by atoms with Gasteiger partial charge in [-0.1, -0.05) is 25.8 Å². The largest absolute Gasteiger partial charge is 0.374 e. The second-order valence-corrected chi connectivity index (χ2v) is 8.14. The second kappa shape index (κ2) is 7.31. The van der Waals surface area contributed by atoms with E-state index in [-0.39, 0.29) is 0 Å². The molecule has 0 aromatic rings. The fraction of sp³-hybridized carbons (Fsp3) is 0.900. The van der Waals surface area contributed by atoms with E-state index in [4.69, 9.17) is 4.74 Å². The summed E-state index contributed by atoms with van der Waals surface area (Å²) < 4.78 is 5.93. The Morgan fingerprint density at radius 1 is 0.714 bits per heavy atom. The van der Waals surface area contributed by atoms with Gasteiger partial charge in [-0.15, -0.1) is 6.58 Å². The van der Waals surface area contributed by atoms with Crippen LogP contribution in [0.25, 0.3) is 0 Å². The lowest BCUT2D eigenvalue weighted by Gasteiger charge is -2.40. The molecule has 0 bridgehead atoms. The predicted molar refractivity (Wildman–Crippen MR) is 89.2 cm³/mol. The van der Waals surface area contributed by atoms with Crippen molar-refractivity contribution in [1.82, 2.24) is 0 Å². The molecule has 2 unspecified atom stereocenters. The Labute approximate surface area is 131 Å². The van der Waals surface area contributed by atoms with Crippen LogP contribution < -0.4 is 0 Å². The third-order valence-corrected chi connectivity index (χ3v) is 6.82. The topological polar surface area (TPSA) is 9.23 Å². The van der Waals surface area contributed by atoms with Crippen LogP contribution in [0.1, 0.15) is 71.1 Å². The summed E-state index contributed by atoms with van der Waals surface area (Å²) >= 11 is 0. The highest BCUT2D eigenvalue weighted by Crippen LogP contribution is 2.44. The Morgan fingerprint density at radius 2 is 1.19 bits per heavy atom. The van der Waals surface area contributed by atoms with Gasteiger partial charge in [0, 0.05) is 0 Å². The van der Waals surface area contributed by atoms with E-state index < -0.39 is 0 Å². The van der Waals surface area contributed by atoms with E-state index in [9.17, 15) is 0 Å². The molecule has 3 rings (SSSR count). The summed E-state index contributed by atoms with van der Waals surface area (Å²) in [6.45, 7) is 7.29. The molecule has 21 heavy (non-hydrogen) atoms. The lowest BCUT2D eigenvalue weighted by molar-refractivity contribution is -0.0190. The number of ether oxygens (including phenoxy) is 1. The SMILES string of the molecule is C=CC1CCC(C2CCC(C3CCC(C)CC3)CC2)CO1. The second-order valence-electron chi connectivity index (χ2n) is 8.14. The minimum Gasteiger partial charge on any atom is -0.374 e. The van der Waals surface area contributed by atoms with Gasteiger partial charge in [0.2, 0.25) is 0 Å². The van der Waals surface area contributed by atoms with Gasteiger partial charge in [-0.25, -0.2) is 0 Å². The third-order valence-electron chi connectivity index (χ3n) is 6.82. The zero-order chi connectivity index (χ0) is 14.7. The molecule has 1 heterocycles. The first-order valence-electron chi connectivity index (χ1n) is 9.50. The molecule has 0 aromatic carbocycles. The van der Waals surface area contributed by atoms with E-state index in [1.165, 1.54) is 64.2 Å². The van der Waals surface area contributed by atoms with Gasteiger partial charge in [0.05, 0.1) is 12.7 Å². The Balaban J connectivity index is 1.42. The summed E-state index contributed by atoms with van der Waals surface area (Å²) in [7, 11) is 0. The molecular formula is C20H34O. The van der Waals surface area contributed by atoms with Crippen molar-refractivity contribution in [3.05, 3.63) is 12.7 Å². The van der Waals surface area contributed by atoms with Crippen LogP contribution in [0.15, 0.2) is 12.7 Å². The summed E-state index contributed by atoms with van der Waals surface area (Å²) in [4.78, 5) is 0. The molecule has 0 spiro atoms. The molecule has 1 heteroatoms. The predicted octanol–water partition coefficient (Wildman–Crippen LogP) is 5.60. The van der Waals surface area contributed by atoms with Gasteiger partial charge in [0.15, 0.2) is 0 Å². The number of rotatable bonds is 3. The van der Waals surface area contributed by atoms with Crippen molar-refractivity contribution in [2.24, 2.45) is 29.6 Å². The van der Waals surface area contributed by atoms with Gasteiger partial charge in [0.25, 0.3) is 0 Å². The van der Waals surface area contributed by atoms with Gasteiger partial charge in [-0.05, 0) is 81.0 Å². The molecule has 2 atom stereocenters. The zero-order valence-corrected chi connectivity index (χ0v) is 13.9. The van der Waals surface area contributed by atoms with E-state index in [0.29, 0.717) is 6.10 Å². The Morgan fingerprint density at radius 3 is 1.67 bits per heavy atom. The van der Waals surface area contributed by atoms with Gasteiger partial charge in [-0.3, -0.25) is 0 Å². The van der Waals surface area contributed by atoms with Crippen molar-refractivity contribution in [2.45, 2.75) is 77.2 Å². The van der Waals surface area contributed by atoms with Gasteiger partial charge < -0.3 is 4.74 Å². The van der Waals surface area contributed by atoms with E-state index in [1.807, 2.05) is 6.08 Å². The highest BCUT2D eigenvalue weighted by Gasteiger charge is 2.34. The van der Waals surface area contributed by atoms with Crippen LogP contribution >= 0.6 is 0 Å². The van der Waals surface area contributed by atoms with Crippen LogP contribution in [-0.2, 0) is 4.74 Å². The first-order valence-corrected chi connectivity index (χ1v) is 9.50. The molecule has 1 nitrogen and oxygen atoms in total. The van der Waals surface area contributed by atoms with E-state index in [0.717, 1.165) is 36.2 Å². The lowest BCUT2D eigenvalue weighted by atomic mass is 9.67. The Kier molecular flexibility index (Phi) is 5.43. The van der Waals surface area contributed by atoms with E-state index in [1.54, 1.807) is 0 Å². The molecule has 3 fully saturated rings. The number of hydrogen-bond donors (Lipinski definition) is 0. The van der Waals surface area contributed by atoms with Crippen LogP contribution in [0.2, 0.25) is 0 Å². The third kappa shape index (κ3) is 3.92. The van der Waals surface area contributed by atoms with Gasteiger partial charge >= 0.3 is 0 Å². The molecule has 3 aliphatic rings. The van der Waals surface area contributed by atoms with Crippen LogP contribution in [0.3, 0.4) is 0 Å². The van der Waals surface area contributed by atoms with Crippen LogP contribution in [-0.4, -0.2) is 12.7 Å². The average molecular weight is 290 g/mol. The number of hydrogen-bond acceptors (Lipinski definition) is 1. The monoisotopic (exact) mass is 290 g/mol. The highest BCUT2D eigenvalue weighted by atomic mass is 16.5. The molecule has 1 aliphatic heterocycles. The van der Waals surface area contributed by atoms with Crippen molar-refractivity contribution in [3.63, 3.8) is 0 Å². The van der Waals surface area contributed by atoms with Gasteiger partial charge in [0.1, 0.15) is 0 Å². The maximum absolute atomic E-state index is 5.93. The minimum absolute atomic E-state index is 0.335. The lowest BCUT2D eigenvalue weighted by Crippen LogP contribution is -2.33. The molecule has 0 radical (unpaired) electrons. The summed E-state index contributed by atoms with van der Waals surface area (Å²) in [5, 5.41) is 0. The minimum atomic E-state index is 0.335. The molecule has 2 aliphatic carbocycles. The quantitative estimate of drug-likeness (QED) is 0.615. The van der Waals surface area contributed by atoms with Crippen LogP contribution in [0.5, 0.6) is 0 Å². The zero-order valence-electron chi connectivity index (χ0n) is 13.9. The van der Waals surface area contributed by atoms with Crippen LogP contribution in [0, 0.1) is 29.6 Å². The molecule has 2 saturated carbocycles. The summed E-state index contributed by atoms with van der Waals surface area (Å²) in [6.07, 6.45) is 16.9. The molecule has 0 amide bonds. The molecule has 120 valence electrons. The van der Waals surface area contributed by atoms with E-state index in [2.05, 4.69) is 13.5 Å².